The van der Waals surface area contributed by atoms with Gasteiger partial charge in [0.2, 0.25) is 0 Å². The molecule has 17 heavy (non-hydrogen) atoms. The van der Waals surface area contributed by atoms with E-state index >= 15 is 0 Å². The molecule has 92 valence electrons. The Balaban J connectivity index is 2.18. The maximum absolute atomic E-state index is 12.2. The number of amides is 1. The third kappa shape index (κ3) is 2.57. The van der Waals surface area contributed by atoms with E-state index in [2.05, 4.69) is 18.8 Å². The van der Waals surface area contributed by atoms with Crippen LogP contribution >= 0.6 is 0 Å². The van der Waals surface area contributed by atoms with Gasteiger partial charge in [-0.1, -0.05) is 13.8 Å². The van der Waals surface area contributed by atoms with Crippen LogP contribution < -0.4 is 0 Å². The van der Waals surface area contributed by atoms with Gasteiger partial charge in [0, 0.05) is 19.3 Å². The van der Waals surface area contributed by atoms with Gasteiger partial charge in [0.1, 0.15) is 5.75 Å². The molecule has 2 rings (SSSR count). The average molecular weight is 234 g/mol. The highest BCUT2D eigenvalue weighted by molar-refractivity contribution is 5.96. The zero-order valence-corrected chi connectivity index (χ0v) is 10.3. The first kappa shape index (κ1) is 11.9. The topological polar surface area (TPSA) is 53.4 Å². The monoisotopic (exact) mass is 234 g/mol. The number of nitrogens with zero attached hydrogens (tertiary/aromatic N) is 2. The van der Waals surface area contributed by atoms with Crippen molar-refractivity contribution in [1.29, 1.82) is 0 Å². The van der Waals surface area contributed by atoms with E-state index in [4.69, 9.17) is 0 Å². The van der Waals surface area contributed by atoms with E-state index in [1.54, 1.807) is 6.07 Å². The minimum Gasteiger partial charge on any atom is -0.505 e. The number of piperidine rings is 1. The summed E-state index contributed by atoms with van der Waals surface area (Å²) in [4.78, 5) is 17.8. The van der Waals surface area contributed by atoms with Crippen LogP contribution in [0.4, 0.5) is 0 Å². The number of aromatic hydroxyl groups is 1. The SMILES string of the molecule is CC1(C)CCCN(C(=O)c2ccncc2O)C1. The van der Waals surface area contributed by atoms with Gasteiger partial charge in [-0.15, -0.1) is 0 Å². The number of pyridine rings is 1. The molecular formula is C13H18N2O2. The lowest BCUT2D eigenvalue weighted by Gasteiger charge is -2.38. The number of carbonyl (C=O) groups excluding carboxylic acids is 1. The molecule has 0 bridgehead atoms. The van der Waals surface area contributed by atoms with Gasteiger partial charge in [-0.05, 0) is 24.3 Å². The average Bonchev–Trinajstić information content (AvgIpc) is 2.27. The summed E-state index contributed by atoms with van der Waals surface area (Å²) in [5, 5.41) is 9.63. The van der Waals surface area contributed by atoms with Crippen LogP contribution in [0.1, 0.15) is 37.0 Å². The van der Waals surface area contributed by atoms with Crippen molar-refractivity contribution in [3.63, 3.8) is 0 Å². The van der Waals surface area contributed by atoms with Crippen molar-refractivity contribution < 1.29 is 9.90 Å². The Morgan fingerprint density at radius 3 is 2.94 bits per heavy atom. The van der Waals surface area contributed by atoms with E-state index in [0.29, 0.717) is 5.56 Å². The molecule has 1 aliphatic rings. The van der Waals surface area contributed by atoms with E-state index < -0.39 is 0 Å². The van der Waals surface area contributed by atoms with E-state index in [0.717, 1.165) is 25.9 Å². The van der Waals surface area contributed by atoms with Crippen molar-refractivity contribution >= 4 is 5.91 Å². The molecule has 1 amide bonds. The van der Waals surface area contributed by atoms with Gasteiger partial charge < -0.3 is 10.0 Å². The summed E-state index contributed by atoms with van der Waals surface area (Å²) in [6.45, 7) is 5.84. The van der Waals surface area contributed by atoms with Crippen LogP contribution in [0.5, 0.6) is 5.75 Å². The van der Waals surface area contributed by atoms with E-state index in [1.165, 1.54) is 12.4 Å². The van der Waals surface area contributed by atoms with Crippen LogP contribution in [0.2, 0.25) is 0 Å². The van der Waals surface area contributed by atoms with Crippen LogP contribution in [0.25, 0.3) is 0 Å². The second kappa shape index (κ2) is 4.35. The maximum atomic E-state index is 12.2. The summed E-state index contributed by atoms with van der Waals surface area (Å²) >= 11 is 0. The zero-order chi connectivity index (χ0) is 12.5. The molecule has 1 aromatic rings. The third-order valence-electron chi connectivity index (χ3n) is 3.22. The summed E-state index contributed by atoms with van der Waals surface area (Å²) in [5.74, 6) is -0.140. The van der Waals surface area contributed by atoms with Crippen molar-refractivity contribution in [2.75, 3.05) is 13.1 Å². The normalized spacial score (nSPS) is 19.1. The van der Waals surface area contributed by atoms with E-state index in [9.17, 15) is 9.90 Å². The second-order valence-corrected chi connectivity index (χ2v) is 5.39. The molecule has 0 aromatic carbocycles. The van der Waals surface area contributed by atoms with Crippen molar-refractivity contribution in [1.82, 2.24) is 9.88 Å². The summed E-state index contributed by atoms with van der Waals surface area (Å²) in [7, 11) is 0. The fourth-order valence-electron chi connectivity index (χ4n) is 2.33. The molecule has 0 saturated carbocycles. The first-order valence-electron chi connectivity index (χ1n) is 5.92. The minimum absolute atomic E-state index is 0.0409. The Hall–Kier alpha value is -1.58. The van der Waals surface area contributed by atoms with Gasteiger partial charge in [-0.3, -0.25) is 9.78 Å². The highest BCUT2D eigenvalue weighted by Crippen LogP contribution is 2.30. The van der Waals surface area contributed by atoms with Crippen LogP contribution in [0.3, 0.4) is 0 Å². The standard InChI is InChI=1S/C13H18N2O2/c1-13(2)5-3-7-15(9-13)12(17)10-4-6-14-8-11(10)16/h4,6,8,16H,3,5,7,9H2,1-2H3. The molecular weight excluding hydrogens is 216 g/mol. The number of hydrogen-bond acceptors (Lipinski definition) is 3. The lowest BCUT2D eigenvalue weighted by molar-refractivity contribution is 0.0580. The molecule has 2 heterocycles. The number of likely N-dealkylation sites (tertiary alicyclic amines) is 1. The first-order valence-corrected chi connectivity index (χ1v) is 5.92. The fourth-order valence-corrected chi connectivity index (χ4v) is 2.33. The Morgan fingerprint density at radius 1 is 1.53 bits per heavy atom. The summed E-state index contributed by atoms with van der Waals surface area (Å²) in [5.41, 5.74) is 0.508. The largest absolute Gasteiger partial charge is 0.505 e. The molecule has 1 aromatic heterocycles. The predicted octanol–water partition coefficient (Wildman–Crippen LogP) is 2.05. The van der Waals surface area contributed by atoms with Crippen LogP contribution in [-0.4, -0.2) is 34.0 Å². The predicted molar refractivity (Wildman–Crippen MR) is 64.8 cm³/mol. The number of hydrogen-bond donors (Lipinski definition) is 1. The van der Waals surface area contributed by atoms with E-state index in [-0.39, 0.29) is 17.1 Å². The number of carbonyl (C=O) groups is 1. The molecule has 1 N–H and O–H groups in total. The highest BCUT2D eigenvalue weighted by atomic mass is 16.3. The van der Waals surface area contributed by atoms with Crippen molar-refractivity contribution in [3.05, 3.63) is 24.0 Å². The molecule has 0 atom stereocenters. The van der Waals surface area contributed by atoms with Crippen molar-refractivity contribution in [2.24, 2.45) is 5.41 Å². The van der Waals surface area contributed by atoms with Gasteiger partial charge >= 0.3 is 0 Å². The summed E-state index contributed by atoms with van der Waals surface area (Å²) in [6.07, 6.45) is 4.99. The molecule has 0 radical (unpaired) electrons. The first-order chi connectivity index (χ1) is 7.99. The molecule has 1 saturated heterocycles. The third-order valence-corrected chi connectivity index (χ3v) is 3.22. The Bertz CT molecular complexity index is 429. The maximum Gasteiger partial charge on any atom is 0.257 e. The van der Waals surface area contributed by atoms with Gasteiger partial charge in [0.25, 0.3) is 5.91 Å². The molecule has 1 aliphatic heterocycles. The fraction of sp³-hybridized carbons (Fsp3) is 0.538. The lowest BCUT2D eigenvalue weighted by Crippen LogP contribution is -2.43. The van der Waals surface area contributed by atoms with Crippen molar-refractivity contribution in [3.8, 4) is 5.75 Å². The molecule has 4 nitrogen and oxygen atoms in total. The van der Waals surface area contributed by atoms with Crippen molar-refractivity contribution in [2.45, 2.75) is 26.7 Å². The highest BCUT2D eigenvalue weighted by Gasteiger charge is 2.30. The molecule has 0 unspecified atom stereocenters. The van der Waals surface area contributed by atoms with Gasteiger partial charge in [-0.25, -0.2) is 0 Å². The Labute approximate surface area is 101 Å². The molecule has 4 heteroatoms. The van der Waals surface area contributed by atoms with Gasteiger partial charge in [0.05, 0.1) is 11.8 Å². The summed E-state index contributed by atoms with van der Waals surface area (Å²) < 4.78 is 0. The van der Waals surface area contributed by atoms with E-state index in [1.807, 2.05) is 4.90 Å². The Morgan fingerprint density at radius 2 is 2.29 bits per heavy atom. The van der Waals surface area contributed by atoms with Crippen LogP contribution in [0, 0.1) is 5.41 Å². The molecule has 0 spiro atoms. The second-order valence-electron chi connectivity index (χ2n) is 5.39. The minimum atomic E-state index is -0.0994. The Kier molecular flexibility index (Phi) is 3.05. The number of aromatic nitrogens is 1. The van der Waals surface area contributed by atoms with Crippen LogP contribution in [0.15, 0.2) is 18.5 Å². The quantitative estimate of drug-likeness (QED) is 0.809. The molecule has 0 aliphatic carbocycles. The summed E-state index contributed by atoms with van der Waals surface area (Å²) in [6, 6.07) is 1.57. The number of rotatable bonds is 1. The van der Waals surface area contributed by atoms with Crippen LogP contribution in [-0.2, 0) is 0 Å². The zero-order valence-electron chi connectivity index (χ0n) is 10.3. The van der Waals surface area contributed by atoms with Gasteiger partial charge in [-0.2, -0.15) is 0 Å². The van der Waals surface area contributed by atoms with Gasteiger partial charge in [0.15, 0.2) is 0 Å². The smallest absolute Gasteiger partial charge is 0.257 e. The molecule has 1 fully saturated rings. The lowest BCUT2D eigenvalue weighted by atomic mass is 9.84.